The van der Waals surface area contributed by atoms with Crippen molar-refractivity contribution in [1.82, 2.24) is 24.6 Å². The second kappa shape index (κ2) is 8.65. The number of benzene rings is 2. The van der Waals surface area contributed by atoms with E-state index in [2.05, 4.69) is 69.4 Å². The van der Waals surface area contributed by atoms with Gasteiger partial charge in [0.2, 0.25) is 4.77 Å². The lowest BCUT2D eigenvalue weighted by atomic mass is 10.0. The Morgan fingerprint density at radius 1 is 1.04 bits per heavy atom. The van der Waals surface area contributed by atoms with Crippen LogP contribution in [0.4, 0.5) is 0 Å². The number of nitrogens with zero attached hydrogens (tertiary/aromatic N) is 4. The van der Waals surface area contributed by atoms with Crippen LogP contribution < -0.4 is 0 Å². The predicted molar refractivity (Wildman–Crippen MR) is 116 cm³/mol. The molecule has 1 atom stereocenters. The van der Waals surface area contributed by atoms with E-state index in [1.165, 1.54) is 5.56 Å². The first-order valence-corrected chi connectivity index (χ1v) is 9.97. The van der Waals surface area contributed by atoms with Gasteiger partial charge >= 0.3 is 0 Å². The molecule has 2 heterocycles. The normalized spacial score (nSPS) is 18.7. The van der Waals surface area contributed by atoms with Gasteiger partial charge < -0.3 is 4.90 Å². The number of likely N-dealkylation sites (N-methyl/N-ethyl adjacent to an activating group) is 1. The van der Waals surface area contributed by atoms with Crippen LogP contribution in [0.25, 0.3) is 12.2 Å². The third-order valence-corrected chi connectivity index (χ3v) is 5.44. The lowest BCUT2D eigenvalue weighted by Crippen LogP contribution is -2.47. The first-order chi connectivity index (χ1) is 13.7. The Balaban J connectivity index is 1.52. The Morgan fingerprint density at radius 2 is 1.75 bits per heavy atom. The fraction of sp³-hybridized carbons (Fsp3) is 0.273. The second-order valence-electron chi connectivity index (χ2n) is 7.21. The number of aromatic amines is 1. The highest BCUT2D eigenvalue weighted by atomic mass is 32.1. The van der Waals surface area contributed by atoms with Crippen molar-refractivity contribution >= 4 is 24.4 Å². The van der Waals surface area contributed by atoms with Gasteiger partial charge in [0, 0.05) is 25.7 Å². The fourth-order valence-corrected chi connectivity index (χ4v) is 3.79. The first kappa shape index (κ1) is 18.8. The summed E-state index contributed by atoms with van der Waals surface area (Å²) >= 11 is 5.50. The number of hydrogen-bond acceptors (Lipinski definition) is 4. The Kier molecular flexibility index (Phi) is 5.81. The lowest BCUT2D eigenvalue weighted by Gasteiger charge is -2.40. The van der Waals surface area contributed by atoms with Gasteiger partial charge in [0.1, 0.15) is 5.82 Å². The van der Waals surface area contributed by atoms with Gasteiger partial charge in [-0.1, -0.05) is 66.7 Å². The van der Waals surface area contributed by atoms with Gasteiger partial charge in [-0.15, -0.1) is 0 Å². The van der Waals surface area contributed by atoms with E-state index in [9.17, 15) is 0 Å². The van der Waals surface area contributed by atoms with Crippen molar-refractivity contribution in [1.29, 1.82) is 0 Å². The SMILES string of the molecule is CN1CCN(Cn2[nH]c(C=Cc3ccccc3)nc2=S)C(c2ccccc2)C1. The zero-order chi connectivity index (χ0) is 19.3. The maximum absolute atomic E-state index is 5.50. The predicted octanol–water partition coefficient (Wildman–Crippen LogP) is 4.06. The number of piperazine rings is 1. The average molecular weight is 392 g/mol. The molecule has 0 spiro atoms. The summed E-state index contributed by atoms with van der Waals surface area (Å²) in [5.74, 6) is 0.777. The summed E-state index contributed by atoms with van der Waals surface area (Å²) in [7, 11) is 2.18. The minimum absolute atomic E-state index is 0.341. The molecule has 0 radical (unpaired) electrons. The van der Waals surface area contributed by atoms with Crippen LogP contribution in [0.15, 0.2) is 60.7 Å². The smallest absolute Gasteiger partial charge is 0.217 e. The van der Waals surface area contributed by atoms with Crippen LogP contribution in [0.1, 0.15) is 23.0 Å². The largest absolute Gasteiger partial charge is 0.303 e. The standard InChI is InChI=1S/C22H25N5S/c1-25-14-15-26(20(16-25)19-10-6-3-7-11-19)17-27-22(28)23-21(24-27)13-12-18-8-4-2-5-9-18/h2-13,20H,14-17H2,1H3,(H,23,24,28). The Hall–Kier alpha value is -2.54. The van der Waals surface area contributed by atoms with Gasteiger partial charge in [0.05, 0.1) is 6.67 Å². The molecule has 1 aromatic heterocycles. The molecular formula is C22H25N5S. The quantitative estimate of drug-likeness (QED) is 0.666. The minimum atomic E-state index is 0.341. The third kappa shape index (κ3) is 4.47. The molecule has 3 aromatic rings. The molecule has 1 unspecified atom stereocenters. The topological polar surface area (TPSA) is 40.1 Å². The van der Waals surface area contributed by atoms with Crippen molar-refractivity contribution in [2.24, 2.45) is 0 Å². The van der Waals surface area contributed by atoms with E-state index < -0.39 is 0 Å². The van der Waals surface area contributed by atoms with Crippen molar-refractivity contribution in [2.45, 2.75) is 12.7 Å². The third-order valence-electron chi connectivity index (χ3n) is 5.13. The summed E-state index contributed by atoms with van der Waals surface area (Å²) in [6, 6.07) is 21.2. The minimum Gasteiger partial charge on any atom is -0.303 e. The monoisotopic (exact) mass is 391 g/mol. The summed E-state index contributed by atoms with van der Waals surface area (Å²) in [6.45, 7) is 3.75. The van der Waals surface area contributed by atoms with Crippen LogP contribution in [0.3, 0.4) is 0 Å². The highest BCUT2D eigenvalue weighted by Crippen LogP contribution is 2.25. The van der Waals surface area contributed by atoms with Crippen molar-refractivity contribution < 1.29 is 0 Å². The number of rotatable bonds is 5. The molecule has 1 fully saturated rings. The molecule has 1 N–H and O–H groups in total. The van der Waals surface area contributed by atoms with Gasteiger partial charge in [-0.05, 0) is 36.5 Å². The first-order valence-electron chi connectivity index (χ1n) is 9.56. The molecular weight excluding hydrogens is 366 g/mol. The zero-order valence-electron chi connectivity index (χ0n) is 16.0. The average Bonchev–Trinajstić information content (AvgIpc) is 3.08. The number of hydrogen-bond donors (Lipinski definition) is 1. The van der Waals surface area contributed by atoms with E-state index in [4.69, 9.17) is 12.2 Å². The molecule has 144 valence electrons. The van der Waals surface area contributed by atoms with Gasteiger partial charge in [-0.2, -0.15) is 4.98 Å². The zero-order valence-corrected chi connectivity index (χ0v) is 16.8. The second-order valence-corrected chi connectivity index (χ2v) is 7.57. The molecule has 1 saturated heterocycles. The molecule has 0 aliphatic carbocycles. The molecule has 0 bridgehead atoms. The van der Waals surface area contributed by atoms with Crippen LogP contribution in [0, 0.1) is 4.77 Å². The van der Waals surface area contributed by atoms with Crippen molar-refractivity contribution in [3.8, 4) is 0 Å². The van der Waals surface area contributed by atoms with E-state index in [0.717, 1.165) is 31.0 Å². The van der Waals surface area contributed by atoms with E-state index in [1.807, 2.05) is 35.0 Å². The lowest BCUT2D eigenvalue weighted by molar-refractivity contribution is 0.0583. The van der Waals surface area contributed by atoms with Crippen molar-refractivity contribution in [3.63, 3.8) is 0 Å². The Bertz CT molecular complexity index is 977. The number of nitrogens with one attached hydrogen (secondary N) is 1. The van der Waals surface area contributed by atoms with Crippen LogP contribution in [0.5, 0.6) is 0 Å². The molecule has 1 aliphatic heterocycles. The van der Waals surface area contributed by atoms with Gasteiger partial charge in [-0.25, -0.2) is 4.68 Å². The summed E-state index contributed by atoms with van der Waals surface area (Å²) in [4.78, 5) is 9.35. The van der Waals surface area contributed by atoms with E-state index in [-0.39, 0.29) is 0 Å². The van der Waals surface area contributed by atoms with E-state index >= 15 is 0 Å². The van der Waals surface area contributed by atoms with E-state index in [0.29, 0.717) is 17.5 Å². The highest BCUT2D eigenvalue weighted by molar-refractivity contribution is 7.71. The molecule has 0 amide bonds. The van der Waals surface area contributed by atoms with Crippen LogP contribution >= 0.6 is 12.2 Å². The molecule has 0 saturated carbocycles. The fourth-order valence-electron chi connectivity index (χ4n) is 3.58. The molecule has 2 aromatic carbocycles. The van der Waals surface area contributed by atoms with E-state index in [1.54, 1.807) is 0 Å². The van der Waals surface area contributed by atoms with Crippen LogP contribution in [0.2, 0.25) is 0 Å². The maximum atomic E-state index is 5.50. The summed E-state index contributed by atoms with van der Waals surface area (Å²) in [5, 5.41) is 3.34. The highest BCUT2D eigenvalue weighted by Gasteiger charge is 2.27. The van der Waals surface area contributed by atoms with Crippen LogP contribution in [-0.2, 0) is 6.67 Å². The summed E-state index contributed by atoms with van der Waals surface area (Å²) in [6.07, 6.45) is 4.01. The number of H-pyrrole nitrogens is 1. The van der Waals surface area contributed by atoms with Crippen molar-refractivity contribution in [2.75, 3.05) is 26.7 Å². The van der Waals surface area contributed by atoms with Gasteiger partial charge in [0.25, 0.3) is 0 Å². The molecule has 6 heteroatoms. The molecule has 1 aliphatic rings. The Morgan fingerprint density at radius 3 is 2.50 bits per heavy atom. The number of aromatic nitrogens is 3. The molecule has 28 heavy (non-hydrogen) atoms. The summed E-state index contributed by atoms with van der Waals surface area (Å²) < 4.78 is 2.54. The Labute approximate surface area is 170 Å². The maximum Gasteiger partial charge on any atom is 0.217 e. The van der Waals surface area contributed by atoms with Crippen LogP contribution in [-0.4, -0.2) is 51.2 Å². The van der Waals surface area contributed by atoms with Gasteiger partial charge in [-0.3, -0.25) is 10.00 Å². The molecule has 5 nitrogen and oxygen atoms in total. The van der Waals surface area contributed by atoms with Gasteiger partial charge in [0.15, 0.2) is 0 Å². The summed E-state index contributed by atoms with van der Waals surface area (Å²) in [5.41, 5.74) is 2.48. The van der Waals surface area contributed by atoms with Crippen molar-refractivity contribution in [3.05, 3.63) is 82.4 Å². The molecule has 4 rings (SSSR count).